The van der Waals surface area contributed by atoms with Crippen molar-refractivity contribution < 1.29 is 14.3 Å². The molecule has 0 saturated carbocycles. The molecule has 2 amide bonds. The summed E-state index contributed by atoms with van der Waals surface area (Å²) in [7, 11) is 1.58. The summed E-state index contributed by atoms with van der Waals surface area (Å²) < 4.78 is 7.01. The van der Waals surface area contributed by atoms with Gasteiger partial charge < -0.3 is 19.9 Å². The summed E-state index contributed by atoms with van der Waals surface area (Å²) in [4.78, 5) is 24.8. The molecule has 33 heavy (non-hydrogen) atoms. The molecule has 3 rings (SSSR count). The highest BCUT2D eigenvalue weighted by Gasteiger charge is 2.15. The normalized spacial score (nSPS) is 10.8. The maximum atomic E-state index is 12.4. The van der Waals surface area contributed by atoms with Crippen LogP contribution >= 0.6 is 11.8 Å². The second-order valence-electron chi connectivity index (χ2n) is 7.67. The number of nitrogens with one attached hydrogen (secondary N) is 2. The van der Waals surface area contributed by atoms with Gasteiger partial charge in [0.05, 0.1) is 19.4 Å². The molecule has 1 aromatic heterocycles. The van der Waals surface area contributed by atoms with Gasteiger partial charge in [0.1, 0.15) is 5.75 Å². The lowest BCUT2D eigenvalue weighted by molar-refractivity contribution is -0.113. The van der Waals surface area contributed by atoms with Crippen molar-refractivity contribution in [3.63, 3.8) is 0 Å². The average molecular weight is 468 g/mol. The second kappa shape index (κ2) is 11.5. The lowest BCUT2D eigenvalue weighted by Crippen LogP contribution is -2.24. The Hall–Kier alpha value is -3.33. The second-order valence-corrected chi connectivity index (χ2v) is 8.61. The molecule has 0 fully saturated rings. The van der Waals surface area contributed by atoms with Crippen LogP contribution in [-0.4, -0.2) is 39.4 Å². The standard InChI is InChI=1S/C24H29N5O3S/c1-5-29-21(14-25-23(31)18-8-12-20(32-4)13-9-18)27-28-24(29)33-15-22(30)26-19-10-6-17(7-11-19)16(2)3/h6-13,16H,5,14-15H2,1-4H3,(H,25,31)(H,26,30). The molecule has 0 atom stereocenters. The molecule has 3 aromatic rings. The van der Waals surface area contributed by atoms with E-state index in [1.54, 1.807) is 31.4 Å². The number of methoxy groups -OCH3 is 1. The molecule has 174 valence electrons. The summed E-state index contributed by atoms with van der Waals surface area (Å²) in [6, 6.07) is 14.8. The van der Waals surface area contributed by atoms with E-state index in [1.165, 1.54) is 17.3 Å². The van der Waals surface area contributed by atoms with Gasteiger partial charge >= 0.3 is 0 Å². The van der Waals surface area contributed by atoms with Crippen molar-refractivity contribution in [3.05, 3.63) is 65.5 Å². The van der Waals surface area contributed by atoms with Crippen LogP contribution in [0, 0.1) is 0 Å². The number of ether oxygens (including phenoxy) is 1. The Morgan fingerprint density at radius 2 is 1.76 bits per heavy atom. The molecule has 0 saturated heterocycles. The van der Waals surface area contributed by atoms with Gasteiger partial charge in [0.25, 0.3) is 5.91 Å². The number of carbonyl (C=O) groups excluding carboxylic acids is 2. The molecular weight excluding hydrogens is 438 g/mol. The predicted octanol–water partition coefficient (Wildman–Crippen LogP) is 4.09. The number of hydrogen-bond acceptors (Lipinski definition) is 6. The molecule has 2 N–H and O–H groups in total. The average Bonchev–Trinajstić information content (AvgIpc) is 3.23. The molecular formula is C24H29N5O3S. The number of aromatic nitrogens is 3. The Morgan fingerprint density at radius 1 is 1.06 bits per heavy atom. The number of hydrogen-bond donors (Lipinski definition) is 2. The van der Waals surface area contributed by atoms with E-state index in [4.69, 9.17) is 4.74 Å². The van der Waals surface area contributed by atoms with Gasteiger partial charge in [0.2, 0.25) is 5.91 Å². The van der Waals surface area contributed by atoms with Crippen LogP contribution in [0.1, 0.15) is 48.4 Å². The topological polar surface area (TPSA) is 98.1 Å². The van der Waals surface area contributed by atoms with Gasteiger partial charge in [0, 0.05) is 17.8 Å². The first-order chi connectivity index (χ1) is 15.9. The summed E-state index contributed by atoms with van der Waals surface area (Å²) >= 11 is 1.31. The van der Waals surface area contributed by atoms with Gasteiger partial charge in [0.15, 0.2) is 11.0 Å². The number of rotatable bonds is 10. The molecule has 0 radical (unpaired) electrons. The summed E-state index contributed by atoms with van der Waals surface area (Å²) in [6.45, 7) is 7.10. The Balaban J connectivity index is 1.53. The van der Waals surface area contributed by atoms with Gasteiger partial charge in [-0.25, -0.2) is 0 Å². The minimum absolute atomic E-state index is 0.114. The quantitative estimate of drug-likeness (QED) is 0.436. The van der Waals surface area contributed by atoms with Crippen molar-refractivity contribution >= 4 is 29.3 Å². The van der Waals surface area contributed by atoms with Crippen LogP contribution in [0.3, 0.4) is 0 Å². The zero-order valence-corrected chi connectivity index (χ0v) is 20.1. The van der Waals surface area contributed by atoms with E-state index in [-0.39, 0.29) is 24.1 Å². The van der Waals surface area contributed by atoms with Crippen LogP contribution in [-0.2, 0) is 17.9 Å². The molecule has 8 nitrogen and oxygen atoms in total. The molecule has 0 bridgehead atoms. The largest absolute Gasteiger partial charge is 0.497 e. The highest BCUT2D eigenvalue weighted by molar-refractivity contribution is 7.99. The maximum absolute atomic E-state index is 12.4. The summed E-state index contributed by atoms with van der Waals surface area (Å²) in [5.74, 6) is 1.66. The summed E-state index contributed by atoms with van der Waals surface area (Å²) in [5, 5.41) is 14.8. The molecule has 0 aliphatic heterocycles. The SMILES string of the molecule is CCn1c(CNC(=O)c2ccc(OC)cc2)nnc1SCC(=O)Nc1ccc(C(C)C)cc1. The van der Waals surface area contributed by atoms with Gasteiger partial charge in [-0.2, -0.15) is 0 Å². The van der Waals surface area contributed by atoms with Gasteiger partial charge in [-0.3, -0.25) is 9.59 Å². The van der Waals surface area contributed by atoms with Crippen LogP contribution < -0.4 is 15.4 Å². The fourth-order valence-electron chi connectivity index (χ4n) is 3.16. The predicted molar refractivity (Wildman–Crippen MR) is 130 cm³/mol. The van der Waals surface area contributed by atoms with Gasteiger partial charge in [-0.05, 0) is 54.8 Å². The van der Waals surface area contributed by atoms with E-state index in [0.717, 1.165) is 5.69 Å². The fourth-order valence-corrected chi connectivity index (χ4v) is 3.98. The molecule has 0 aliphatic rings. The van der Waals surface area contributed by atoms with Crippen molar-refractivity contribution in [3.8, 4) is 5.75 Å². The third kappa shape index (κ3) is 6.58. The lowest BCUT2D eigenvalue weighted by Gasteiger charge is -2.10. The molecule has 0 unspecified atom stereocenters. The molecule has 9 heteroatoms. The van der Waals surface area contributed by atoms with Gasteiger partial charge in [-0.15, -0.1) is 10.2 Å². The first-order valence-electron chi connectivity index (χ1n) is 10.8. The Labute approximate surface area is 198 Å². The number of nitrogens with zero attached hydrogens (tertiary/aromatic N) is 3. The molecule has 0 spiro atoms. The smallest absolute Gasteiger partial charge is 0.251 e. The van der Waals surface area contributed by atoms with E-state index >= 15 is 0 Å². The molecule has 1 heterocycles. The van der Waals surface area contributed by atoms with E-state index in [0.29, 0.717) is 34.8 Å². The Bertz CT molecular complexity index is 1080. The van der Waals surface area contributed by atoms with Crippen molar-refractivity contribution in [1.82, 2.24) is 20.1 Å². The molecule has 2 aromatic carbocycles. The zero-order valence-electron chi connectivity index (χ0n) is 19.3. The third-order valence-electron chi connectivity index (χ3n) is 5.06. The minimum Gasteiger partial charge on any atom is -0.497 e. The summed E-state index contributed by atoms with van der Waals surface area (Å²) in [6.07, 6.45) is 0. The Kier molecular flexibility index (Phi) is 8.48. The van der Waals surface area contributed by atoms with Crippen molar-refractivity contribution in [2.45, 2.75) is 44.9 Å². The number of anilines is 1. The van der Waals surface area contributed by atoms with Crippen molar-refractivity contribution in [2.75, 3.05) is 18.2 Å². The van der Waals surface area contributed by atoms with E-state index in [9.17, 15) is 9.59 Å². The first-order valence-corrected chi connectivity index (χ1v) is 11.8. The summed E-state index contributed by atoms with van der Waals surface area (Å²) in [5.41, 5.74) is 2.53. The highest BCUT2D eigenvalue weighted by Crippen LogP contribution is 2.20. The van der Waals surface area contributed by atoms with Crippen LogP contribution in [0.25, 0.3) is 0 Å². The fraction of sp³-hybridized carbons (Fsp3) is 0.333. The third-order valence-corrected chi connectivity index (χ3v) is 6.03. The number of amides is 2. The first kappa shape index (κ1) is 24.3. The van der Waals surface area contributed by atoms with Crippen LogP contribution in [0.4, 0.5) is 5.69 Å². The van der Waals surface area contributed by atoms with Crippen LogP contribution in [0.5, 0.6) is 5.75 Å². The van der Waals surface area contributed by atoms with Crippen LogP contribution in [0.2, 0.25) is 0 Å². The highest BCUT2D eigenvalue weighted by atomic mass is 32.2. The maximum Gasteiger partial charge on any atom is 0.251 e. The lowest BCUT2D eigenvalue weighted by atomic mass is 10.0. The number of carbonyl (C=O) groups is 2. The van der Waals surface area contributed by atoms with Crippen molar-refractivity contribution in [1.29, 1.82) is 0 Å². The zero-order chi connectivity index (χ0) is 23.8. The van der Waals surface area contributed by atoms with E-state index < -0.39 is 0 Å². The monoisotopic (exact) mass is 467 g/mol. The Morgan fingerprint density at radius 3 is 2.36 bits per heavy atom. The molecule has 0 aliphatic carbocycles. The van der Waals surface area contributed by atoms with Crippen LogP contribution in [0.15, 0.2) is 53.7 Å². The van der Waals surface area contributed by atoms with Gasteiger partial charge in [-0.1, -0.05) is 37.7 Å². The minimum atomic E-state index is -0.208. The van der Waals surface area contributed by atoms with Crippen molar-refractivity contribution in [2.24, 2.45) is 0 Å². The van der Waals surface area contributed by atoms with E-state index in [2.05, 4.69) is 34.7 Å². The number of thioether (sulfide) groups is 1. The number of benzene rings is 2. The van der Waals surface area contributed by atoms with E-state index in [1.807, 2.05) is 35.8 Å².